The average molecular weight is 610 g/mol. The molecule has 0 radical (unpaired) electrons. The van der Waals surface area contributed by atoms with Crippen LogP contribution in [0, 0.1) is 11.8 Å². The first-order valence-electron chi connectivity index (χ1n) is 12.9. The maximum absolute atomic E-state index is 15.3. The van der Waals surface area contributed by atoms with Crippen LogP contribution in [-0.4, -0.2) is 86.7 Å². The standard InChI is InChI=1S/C28H31F4N5O4S/c1-27(29)15-36(2)11-9-24(27)35-26(38)20-12-18(13-22-25(20)34-17-37(22)16-28(30,31)32)6-5-10-33-21-8-7-19(42(4,39)40)14-23(21)41-3/h7-8,12-14,17,24,33H,9-11,15-16H2,1-4H3,(H,35,38). The smallest absolute Gasteiger partial charge is 0.406 e. The number of amides is 1. The zero-order chi connectivity index (χ0) is 30.9. The lowest BCUT2D eigenvalue weighted by Crippen LogP contribution is -2.58. The molecule has 3 aromatic rings. The number of hydrogen-bond acceptors (Lipinski definition) is 7. The van der Waals surface area contributed by atoms with Gasteiger partial charge in [-0.25, -0.2) is 17.8 Å². The number of carbonyl (C=O) groups excluding carboxylic acids is 1. The van der Waals surface area contributed by atoms with E-state index in [2.05, 4.69) is 27.5 Å². The van der Waals surface area contributed by atoms with Crippen molar-refractivity contribution in [3.8, 4) is 17.6 Å². The van der Waals surface area contributed by atoms with Crippen LogP contribution in [0.5, 0.6) is 5.75 Å². The Labute approximate surface area is 241 Å². The zero-order valence-corrected chi connectivity index (χ0v) is 24.3. The number of ether oxygens (including phenoxy) is 1. The molecule has 1 saturated heterocycles. The highest BCUT2D eigenvalue weighted by atomic mass is 32.2. The number of sulfone groups is 1. The second-order valence-corrected chi connectivity index (χ2v) is 12.5. The van der Waals surface area contributed by atoms with E-state index in [-0.39, 0.29) is 45.9 Å². The van der Waals surface area contributed by atoms with E-state index in [1.54, 1.807) is 7.05 Å². The molecule has 0 aliphatic carbocycles. The average Bonchev–Trinajstić information content (AvgIpc) is 3.27. The lowest BCUT2D eigenvalue weighted by atomic mass is 9.90. The number of anilines is 1. The van der Waals surface area contributed by atoms with Crippen LogP contribution in [0.15, 0.2) is 41.6 Å². The van der Waals surface area contributed by atoms with E-state index >= 15 is 4.39 Å². The summed E-state index contributed by atoms with van der Waals surface area (Å²) in [4.78, 5) is 19.3. The first-order chi connectivity index (χ1) is 19.6. The third-order valence-electron chi connectivity index (χ3n) is 6.93. The molecule has 1 amide bonds. The summed E-state index contributed by atoms with van der Waals surface area (Å²) in [7, 11) is -0.268. The highest BCUT2D eigenvalue weighted by Gasteiger charge is 2.40. The van der Waals surface area contributed by atoms with Crippen LogP contribution in [-0.2, 0) is 16.4 Å². The van der Waals surface area contributed by atoms with Gasteiger partial charge in [0.1, 0.15) is 23.5 Å². The summed E-state index contributed by atoms with van der Waals surface area (Å²) in [6, 6.07) is 6.36. The molecule has 2 heterocycles. The molecule has 1 aromatic heterocycles. The van der Waals surface area contributed by atoms with E-state index < -0.39 is 40.2 Å². The lowest BCUT2D eigenvalue weighted by molar-refractivity contribution is -0.139. The Kier molecular flexibility index (Phi) is 8.75. The van der Waals surface area contributed by atoms with Gasteiger partial charge >= 0.3 is 6.18 Å². The summed E-state index contributed by atoms with van der Waals surface area (Å²) >= 11 is 0. The van der Waals surface area contributed by atoms with Crippen molar-refractivity contribution in [2.45, 2.75) is 42.7 Å². The van der Waals surface area contributed by atoms with Crippen LogP contribution in [0.1, 0.15) is 29.3 Å². The fourth-order valence-corrected chi connectivity index (χ4v) is 5.52. The number of imidazole rings is 1. The number of rotatable bonds is 7. The van der Waals surface area contributed by atoms with Crippen molar-refractivity contribution >= 4 is 32.5 Å². The topological polar surface area (TPSA) is 106 Å². The largest absolute Gasteiger partial charge is 0.495 e. The molecule has 14 heteroatoms. The van der Waals surface area contributed by atoms with Crippen LogP contribution in [0.4, 0.5) is 23.2 Å². The quantitative estimate of drug-likeness (QED) is 0.311. The third-order valence-corrected chi connectivity index (χ3v) is 8.04. The van der Waals surface area contributed by atoms with Gasteiger partial charge in [0, 0.05) is 31.0 Å². The molecule has 2 atom stereocenters. The van der Waals surface area contributed by atoms with Gasteiger partial charge < -0.3 is 24.8 Å². The molecule has 2 aromatic carbocycles. The van der Waals surface area contributed by atoms with Crippen LogP contribution in [0.2, 0.25) is 0 Å². The zero-order valence-electron chi connectivity index (χ0n) is 23.5. The molecule has 0 bridgehead atoms. The highest BCUT2D eigenvalue weighted by molar-refractivity contribution is 7.90. The Morgan fingerprint density at radius 1 is 1.26 bits per heavy atom. The van der Waals surface area contributed by atoms with E-state index in [0.717, 1.165) is 17.2 Å². The first-order valence-corrected chi connectivity index (χ1v) is 14.8. The summed E-state index contributed by atoms with van der Waals surface area (Å²) in [5.74, 6) is 5.32. The predicted octanol–water partition coefficient (Wildman–Crippen LogP) is 3.64. The number of hydrogen-bond donors (Lipinski definition) is 2. The van der Waals surface area contributed by atoms with E-state index in [1.807, 2.05) is 4.90 Å². The maximum atomic E-state index is 15.3. The van der Waals surface area contributed by atoms with Gasteiger partial charge in [-0.15, -0.1) is 0 Å². The number of benzene rings is 2. The minimum absolute atomic E-state index is 0.0153. The predicted molar refractivity (Wildman–Crippen MR) is 150 cm³/mol. The summed E-state index contributed by atoms with van der Waals surface area (Å²) in [6.07, 6.45) is -2.08. The van der Waals surface area contributed by atoms with E-state index in [0.29, 0.717) is 18.7 Å². The number of methoxy groups -OCH3 is 1. The van der Waals surface area contributed by atoms with Gasteiger partial charge in [-0.05, 0) is 44.7 Å². The van der Waals surface area contributed by atoms with E-state index in [4.69, 9.17) is 4.74 Å². The molecule has 42 heavy (non-hydrogen) atoms. The number of aromatic nitrogens is 2. The van der Waals surface area contributed by atoms with Gasteiger partial charge in [-0.3, -0.25) is 4.79 Å². The SMILES string of the molecule is COc1cc(S(C)(=O)=O)ccc1NCC#Cc1cc(C(=O)NC2CCN(C)CC2(C)F)c2ncn(CC(F)(F)F)c2c1. The van der Waals surface area contributed by atoms with Crippen molar-refractivity contribution in [2.75, 3.05) is 45.4 Å². The molecule has 1 fully saturated rings. The summed E-state index contributed by atoms with van der Waals surface area (Å²) in [6.45, 7) is 0.837. The van der Waals surface area contributed by atoms with Crippen LogP contribution in [0.3, 0.4) is 0 Å². The van der Waals surface area contributed by atoms with Crippen molar-refractivity contribution in [2.24, 2.45) is 0 Å². The van der Waals surface area contributed by atoms with Crippen molar-refractivity contribution in [3.63, 3.8) is 0 Å². The molecular formula is C28H31F4N5O4S. The van der Waals surface area contributed by atoms with Crippen LogP contribution >= 0.6 is 0 Å². The maximum Gasteiger partial charge on any atom is 0.406 e. The number of alkyl halides is 4. The number of piperidine rings is 1. The summed E-state index contributed by atoms with van der Waals surface area (Å²) in [5.41, 5.74) is -0.889. The number of carbonyl (C=O) groups is 1. The van der Waals surface area contributed by atoms with Crippen LogP contribution in [0.25, 0.3) is 11.0 Å². The molecule has 1 aliphatic rings. The number of nitrogens with one attached hydrogen (secondary N) is 2. The monoisotopic (exact) mass is 609 g/mol. The van der Waals surface area contributed by atoms with Gasteiger partial charge in [-0.1, -0.05) is 11.8 Å². The number of fused-ring (bicyclic) bond motifs is 1. The van der Waals surface area contributed by atoms with Crippen molar-refractivity contribution in [1.29, 1.82) is 0 Å². The fourth-order valence-electron chi connectivity index (χ4n) is 4.89. The summed E-state index contributed by atoms with van der Waals surface area (Å²) in [5, 5.41) is 5.72. The number of likely N-dealkylation sites (tertiary alicyclic amines) is 1. The molecular weight excluding hydrogens is 578 g/mol. The molecule has 2 unspecified atom stereocenters. The van der Waals surface area contributed by atoms with Gasteiger partial charge in [0.05, 0.1) is 47.7 Å². The Morgan fingerprint density at radius 2 is 2.00 bits per heavy atom. The normalized spacial score (nSPS) is 19.7. The van der Waals surface area contributed by atoms with Crippen molar-refractivity contribution < 1.29 is 35.5 Å². The minimum Gasteiger partial charge on any atom is -0.495 e. The molecule has 2 N–H and O–H groups in total. The Hall–Kier alpha value is -3.83. The second-order valence-electron chi connectivity index (χ2n) is 10.5. The van der Waals surface area contributed by atoms with Crippen molar-refractivity contribution in [1.82, 2.24) is 19.8 Å². The van der Waals surface area contributed by atoms with Crippen LogP contribution < -0.4 is 15.4 Å². The van der Waals surface area contributed by atoms with E-state index in [9.17, 15) is 26.4 Å². The molecule has 0 saturated carbocycles. The number of nitrogens with zero attached hydrogens (tertiary/aromatic N) is 3. The fraction of sp³-hybridized carbons (Fsp3) is 0.429. The van der Waals surface area contributed by atoms with Gasteiger partial charge in [0.15, 0.2) is 9.84 Å². The highest BCUT2D eigenvalue weighted by Crippen LogP contribution is 2.29. The minimum atomic E-state index is -4.53. The molecule has 0 spiro atoms. The van der Waals surface area contributed by atoms with Gasteiger partial charge in [0.25, 0.3) is 5.91 Å². The molecule has 4 rings (SSSR count). The van der Waals surface area contributed by atoms with Crippen molar-refractivity contribution in [3.05, 3.63) is 47.8 Å². The summed E-state index contributed by atoms with van der Waals surface area (Å²) < 4.78 is 84.8. The second kappa shape index (κ2) is 11.8. The lowest BCUT2D eigenvalue weighted by Gasteiger charge is -2.39. The van der Waals surface area contributed by atoms with Gasteiger partial charge in [-0.2, -0.15) is 13.2 Å². The van der Waals surface area contributed by atoms with E-state index in [1.165, 1.54) is 44.4 Å². The third kappa shape index (κ3) is 7.32. The molecule has 1 aliphatic heterocycles. The molecule has 9 nitrogen and oxygen atoms in total. The Bertz CT molecular complexity index is 1660. The number of halogens is 4. The first kappa shape index (κ1) is 31.1. The molecule has 226 valence electrons. The Morgan fingerprint density at radius 3 is 2.64 bits per heavy atom. The van der Waals surface area contributed by atoms with Gasteiger partial charge in [0.2, 0.25) is 0 Å². The Balaban J connectivity index is 1.63.